The Balaban J connectivity index is 3.08. The van der Waals surface area contributed by atoms with Crippen molar-refractivity contribution in [3.8, 4) is 0 Å². The predicted molar refractivity (Wildman–Crippen MR) is 46.4 cm³/mol. The normalized spacial score (nSPS) is 11.1. The second-order valence-electron chi connectivity index (χ2n) is 2.30. The number of aromatic nitrogens is 2. The van der Waals surface area contributed by atoms with Gasteiger partial charge in [-0.05, 0) is 9.91 Å². The molecule has 0 aliphatic rings. The van der Waals surface area contributed by atoms with E-state index in [2.05, 4.69) is 15.0 Å². The zero-order chi connectivity index (χ0) is 11.4. The van der Waals surface area contributed by atoms with E-state index < -0.39 is 22.5 Å². The minimum Gasteiger partial charge on any atom is -0.475 e. The summed E-state index contributed by atoms with van der Waals surface area (Å²) in [5.41, 5.74) is 0. The molecule has 1 aromatic heterocycles. The van der Waals surface area contributed by atoms with Crippen LogP contribution >= 0.6 is 0 Å². The minimum absolute atomic E-state index is 0.472. The van der Waals surface area contributed by atoms with Crippen LogP contribution in [-0.4, -0.2) is 38.5 Å². The number of rotatable bonds is 2. The lowest BCUT2D eigenvalue weighted by molar-refractivity contribution is -0.389. The predicted octanol–water partition coefficient (Wildman–Crippen LogP) is -0.316. The molecule has 0 radical (unpaired) electrons. The van der Waals surface area contributed by atoms with Crippen molar-refractivity contribution >= 4 is 17.6 Å². The van der Waals surface area contributed by atoms with Gasteiger partial charge in [0.1, 0.15) is 13.3 Å². The van der Waals surface area contributed by atoms with E-state index in [1.807, 2.05) is 0 Å². The number of carbonyl (C=O) groups is 1. The van der Waals surface area contributed by atoms with E-state index in [0.717, 1.165) is 24.2 Å². The molecule has 1 aromatic rings. The summed E-state index contributed by atoms with van der Waals surface area (Å²) in [6.07, 6.45) is 1.88. The largest absolute Gasteiger partial charge is 0.475 e. The number of oxime groups is 1. The molecule has 0 fully saturated rings. The molecule has 1 N–H and O–H groups in total. The van der Waals surface area contributed by atoms with Crippen LogP contribution in [0.5, 0.6) is 0 Å². The topological polar surface area (TPSA) is 120 Å². The molecular weight excluding hydrogens is 208 g/mol. The van der Waals surface area contributed by atoms with Crippen molar-refractivity contribution in [3.63, 3.8) is 0 Å². The molecule has 9 nitrogen and oxygen atoms in total. The van der Waals surface area contributed by atoms with Crippen LogP contribution in [0.1, 0.15) is 0 Å². The summed E-state index contributed by atoms with van der Waals surface area (Å²) in [7, 11) is 1.16. The number of carboxylic acid groups (broad SMARTS) is 1. The molecule has 0 atom stereocenters. The smallest absolute Gasteiger partial charge is 0.381 e. The molecule has 0 unspecified atom stereocenters. The molecule has 15 heavy (non-hydrogen) atoms. The Labute approximate surface area is 82.7 Å². The minimum atomic E-state index is -1.39. The highest BCUT2D eigenvalue weighted by Gasteiger charge is 2.18. The maximum atomic E-state index is 10.6. The molecule has 9 heteroatoms. The lowest BCUT2D eigenvalue weighted by atomic mass is 10.6. The van der Waals surface area contributed by atoms with Gasteiger partial charge in [-0.15, -0.1) is 0 Å². The van der Waals surface area contributed by atoms with Crippen LogP contribution in [-0.2, 0) is 9.63 Å². The Morgan fingerprint density at radius 1 is 1.80 bits per heavy atom. The van der Waals surface area contributed by atoms with Crippen LogP contribution < -0.4 is 0 Å². The van der Waals surface area contributed by atoms with E-state index in [1.54, 1.807) is 0 Å². The van der Waals surface area contributed by atoms with E-state index in [4.69, 9.17) is 5.11 Å². The second-order valence-corrected chi connectivity index (χ2v) is 2.30. The zero-order valence-corrected chi connectivity index (χ0v) is 7.52. The first kappa shape index (κ1) is 10.6. The molecule has 0 aliphatic heterocycles. The molecule has 1 rings (SSSR count). The third kappa shape index (κ3) is 2.27. The third-order valence-electron chi connectivity index (χ3n) is 1.37. The molecule has 0 saturated heterocycles. The van der Waals surface area contributed by atoms with E-state index in [9.17, 15) is 14.9 Å². The number of carboxylic acids is 1. The van der Waals surface area contributed by atoms with Gasteiger partial charge in [-0.25, -0.2) is 4.79 Å². The van der Waals surface area contributed by atoms with Gasteiger partial charge in [0.05, 0.1) is 0 Å². The van der Waals surface area contributed by atoms with Gasteiger partial charge in [-0.2, -0.15) is 0 Å². The van der Waals surface area contributed by atoms with Crippen LogP contribution in [0.4, 0.5) is 5.82 Å². The van der Waals surface area contributed by atoms with Gasteiger partial charge in [0.2, 0.25) is 6.33 Å². The molecule has 0 aromatic carbocycles. The first-order valence-corrected chi connectivity index (χ1v) is 3.59. The molecule has 0 spiro atoms. The van der Waals surface area contributed by atoms with Gasteiger partial charge in [0.25, 0.3) is 5.84 Å². The summed E-state index contributed by atoms with van der Waals surface area (Å²) in [5, 5.41) is 22.1. The lowest BCUT2D eigenvalue weighted by Crippen LogP contribution is -2.21. The first-order chi connectivity index (χ1) is 7.06. The Kier molecular flexibility index (Phi) is 2.96. The number of nitrogens with zero attached hydrogens (tertiary/aromatic N) is 4. The number of hydrogen-bond donors (Lipinski definition) is 1. The van der Waals surface area contributed by atoms with Gasteiger partial charge in [-0.1, -0.05) is 5.16 Å². The second kappa shape index (κ2) is 4.17. The Bertz CT molecular complexity index is 423. The van der Waals surface area contributed by atoms with Crippen molar-refractivity contribution < 1.29 is 19.7 Å². The summed E-state index contributed by atoms with van der Waals surface area (Å²) in [4.78, 5) is 27.8. The number of imidazole rings is 1. The summed E-state index contributed by atoms with van der Waals surface area (Å²) in [6, 6.07) is 0. The number of aliphatic carboxylic acids is 1. The summed E-state index contributed by atoms with van der Waals surface area (Å²) in [5.74, 6) is -2.37. The molecule has 0 aliphatic carbocycles. The monoisotopic (exact) mass is 214 g/mol. The van der Waals surface area contributed by atoms with Crippen molar-refractivity contribution in [2.24, 2.45) is 5.16 Å². The fourth-order valence-electron chi connectivity index (χ4n) is 0.806. The van der Waals surface area contributed by atoms with Crippen molar-refractivity contribution in [1.82, 2.24) is 9.55 Å². The maximum Gasteiger partial charge on any atom is 0.381 e. The lowest BCUT2D eigenvalue weighted by Gasteiger charge is -1.97. The highest BCUT2D eigenvalue weighted by Crippen LogP contribution is 2.05. The van der Waals surface area contributed by atoms with Crippen LogP contribution in [0.3, 0.4) is 0 Å². The fourth-order valence-corrected chi connectivity index (χ4v) is 0.806. The van der Waals surface area contributed by atoms with E-state index in [0.29, 0.717) is 0 Å². The highest BCUT2D eigenvalue weighted by atomic mass is 16.6. The van der Waals surface area contributed by atoms with Crippen LogP contribution in [0.15, 0.2) is 17.7 Å². The van der Waals surface area contributed by atoms with Crippen molar-refractivity contribution in [3.05, 3.63) is 22.6 Å². The summed E-state index contributed by atoms with van der Waals surface area (Å²) in [6.45, 7) is 0. The van der Waals surface area contributed by atoms with Crippen LogP contribution in [0.2, 0.25) is 0 Å². The van der Waals surface area contributed by atoms with E-state index >= 15 is 0 Å². The van der Waals surface area contributed by atoms with Gasteiger partial charge < -0.3 is 20.1 Å². The van der Waals surface area contributed by atoms with Gasteiger partial charge >= 0.3 is 11.8 Å². The zero-order valence-electron chi connectivity index (χ0n) is 7.52. The van der Waals surface area contributed by atoms with Gasteiger partial charge in [0.15, 0.2) is 0 Å². The average Bonchev–Trinajstić information content (AvgIpc) is 2.62. The van der Waals surface area contributed by atoms with Crippen molar-refractivity contribution in [2.45, 2.75) is 0 Å². The average molecular weight is 214 g/mol. The third-order valence-corrected chi connectivity index (χ3v) is 1.37. The first-order valence-electron chi connectivity index (χ1n) is 3.59. The molecule has 80 valence electrons. The Morgan fingerprint density at radius 3 is 2.87 bits per heavy atom. The molecule has 0 bridgehead atoms. The van der Waals surface area contributed by atoms with Crippen molar-refractivity contribution in [2.75, 3.05) is 7.11 Å². The van der Waals surface area contributed by atoms with Crippen LogP contribution in [0.25, 0.3) is 0 Å². The Morgan fingerprint density at radius 2 is 2.47 bits per heavy atom. The Hall–Kier alpha value is -2.45. The van der Waals surface area contributed by atoms with Gasteiger partial charge in [0, 0.05) is 0 Å². The SMILES string of the molecule is CO/N=C(\C(=O)O)n1cnc([N+](=O)[O-])c1. The maximum absolute atomic E-state index is 10.6. The summed E-state index contributed by atoms with van der Waals surface area (Å²) < 4.78 is 0.879. The number of nitro groups is 1. The highest BCUT2D eigenvalue weighted by molar-refractivity contribution is 6.35. The fraction of sp³-hybridized carbons (Fsp3) is 0.167. The molecular formula is C6H6N4O5. The summed E-state index contributed by atoms with van der Waals surface area (Å²) >= 11 is 0. The molecule has 0 amide bonds. The number of hydrogen-bond acceptors (Lipinski definition) is 6. The molecule has 1 heterocycles. The van der Waals surface area contributed by atoms with Crippen molar-refractivity contribution in [1.29, 1.82) is 0 Å². The molecule has 0 saturated carbocycles. The quantitative estimate of drug-likeness (QED) is 0.312. The van der Waals surface area contributed by atoms with E-state index in [-0.39, 0.29) is 0 Å². The van der Waals surface area contributed by atoms with Gasteiger partial charge in [-0.3, -0.25) is 4.57 Å². The van der Waals surface area contributed by atoms with E-state index in [1.165, 1.54) is 0 Å². The standard InChI is InChI=1S/C6H6N4O5/c1-15-8-5(6(11)12)9-2-4(7-3-9)10(13)14/h2-3H,1H3,(H,11,12)/b8-5+. The van der Waals surface area contributed by atoms with Crippen LogP contribution in [0, 0.1) is 10.1 Å².